The normalized spacial score (nSPS) is 18.7. The predicted octanol–water partition coefficient (Wildman–Crippen LogP) is -0.883. The monoisotopic (exact) mass is 308 g/mol. The smallest absolute Gasteiger partial charge is 0.239 e. The van der Waals surface area contributed by atoms with Crippen LogP contribution in [0.1, 0.15) is 31.9 Å². The van der Waals surface area contributed by atoms with Gasteiger partial charge < -0.3 is 16.4 Å². The summed E-state index contributed by atoms with van der Waals surface area (Å²) in [7, 11) is 0. The van der Waals surface area contributed by atoms with Crippen molar-refractivity contribution in [2.24, 2.45) is 11.7 Å². The zero-order chi connectivity index (χ0) is 16.3. The van der Waals surface area contributed by atoms with Crippen LogP contribution in [0, 0.1) is 12.8 Å². The van der Waals surface area contributed by atoms with Gasteiger partial charge in [-0.2, -0.15) is 5.10 Å². The number of aryl methyl sites for hydroxylation is 2. The van der Waals surface area contributed by atoms with Crippen molar-refractivity contribution in [2.75, 3.05) is 6.54 Å². The molecule has 22 heavy (non-hydrogen) atoms. The van der Waals surface area contributed by atoms with Crippen LogP contribution in [0.15, 0.2) is 0 Å². The fourth-order valence-electron chi connectivity index (χ4n) is 2.42. The molecular weight excluding hydrogens is 284 g/mol. The van der Waals surface area contributed by atoms with E-state index in [1.807, 2.05) is 25.5 Å². The van der Waals surface area contributed by atoms with Crippen LogP contribution in [0.25, 0.3) is 0 Å². The molecule has 1 unspecified atom stereocenters. The number of aromatic nitrogens is 3. The molecule has 122 valence electrons. The molecule has 1 aliphatic rings. The van der Waals surface area contributed by atoms with Crippen molar-refractivity contribution in [3.8, 4) is 0 Å². The number of hydrogen-bond donors (Lipinski definition) is 3. The van der Waals surface area contributed by atoms with Gasteiger partial charge in [0.2, 0.25) is 11.8 Å². The molecule has 4 N–H and O–H groups in total. The topological polar surface area (TPSA) is 115 Å². The molecular formula is C14H24N6O2. The summed E-state index contributed by atoms with van der Waals surface area (Å²) in [6, 6.07) is -0.583. The number of rotatable bonds is 5. The third-order valence-corrected chi connectivity index (χ3v) is 3.77. The summed E-state index contributed by atoms with van der Waals surface area (Å²) < 4.78 is 1.83. The van der Waals surface area contributed by atoms with E-state index in [1.165, 1.54) is 0 Å². The van der Waals surface area contributed by atoms with Crippen LogP contribution in [-0.4, -0.2) is 45.2 Å². The van der Waals surface area contributed by atoms with E-state index in [4.69, 9.17) is 5.73 Å². The second kappa shape index (κ2) is 6.87. The lowest BCUT2D eigenvalue weighted by Gasteiger charge is -2.23. The molecule has 0 fully saturated rings. The van der Waals surface area contributed by atoms with Gasteiger partial charge in [0.05, 0.1) is 19.1 Å². The van der Waals surface area contributed by atoms with E-state index in [0.29, 0.717) is 6.54 Å². The van der Waals surface area contributed by atoms with Gasteiger partial charge in [-0.25, -0.2) is 9.67 Å². The third-order valence-electron chi connectivity index (χ3n) is 3.77. The van der Waals surface area contributed by atoms with Gasteiger partial charge in [-0.05, 0) is 19.3 Å². The zero-order valence-corrected chi connectivity index (χ0v) is 13.3. The quantitative estimate of drug-likeness (QED) is 0.653. The first-order valence-corrected chi connectivity index (χ1v) is 7.59. The molecule has 0 radical (unpaired) electrons. The highest BCUT2D eigenvalue weighted by molar-refractivity contribution is 5.87. The molecule has 0 saturated heterocycles. The Balaban J connectivity index is 1.77. The SMILES string of the molecule is Cc1nc2n(n1)CC(NC(=O)CNC(=O)[C@@H](N)C(C)C)CC2. The van der Waals surface area contributed by atoms with Gasteiger partial charge >= 0.3 is 0 Å². The van der Waals surface area contributed by atoms with E-state index in [-0.39, 0.29) is 30.3 Å². The van der Waals surface area contributed by atoms with Crippen molar-refractivity contribution in [3.63, 3.8) is 0 Å². The van der Waals surface area contributed by atoms with E-state index in [9.17, 15) is 9.59 Å². The summed E-state index contributed by atoms with van der Waals surface area (Å²) in [6.07, 6.45) is 1.61. The van der Waals surface area contributed by atoms with Gasteiger partial charge in [0.25, 0.3) is 0 Å². The Bertz CT molecular complexity index is 554. The second-order valence-corrected chi connectivity index (χ2v) is 6.05. The molecule has 8 nitrogen and oxygen atoms in total. The zero-order valence-electron chi connectivity index (χ0n) is 13.3. The summed E-state index contributed by atoms with van der Waals surface area (Å²) in [5.74, 6) is 1.23. The molecule has 2 heterocycles. The Morgan fingerprint density at radius 1 is 1.45 bits per heavy atom. The highest BCUT2D eigenvalue weighted by atomic mass is 16.2. The molecule has 2 atom stereocenters. The third kappa shape index (κ3) is 4.03. The van der Waals surface area contributed by atoms with Crippen molar-refractivity contribution < 1.29 is 9.59 Å². The fourth-order valence-corrected chi connectivity index (χ4v) is 2.42. The number of carbonyl (C=O) groups is 2. The first kappa shape index (κ1) is 16.4. The summed E-state index contributed by atoms with van der Waals surface area (Å²) >= 11 is 0. The Hall–Kier alpha value is -1.96. The summed E-state index contributed by atoms with van der Waals surface area (Å²) in [5.41, 5.74) is 5.72. The molecule has 0 bridgehead atoms. The molecule has 8 heteroatoms. The van der Waals surface area contributed by atoms with E-state index in [1.54, 1.807) is 0 Å². The minimum absolute atomic E-state index is 0.0109. The highest BCUT2D eigenvalue weighted by Crippen LogP contribution is 2.12. The standard InChI is InChI=1S/C14H24N6O2/c1-8(2)13(15)14(22)16-6-12(21)18-10-4-5-11-17-9(3)19-20(11)7-10/h8,10,13H,4-7,15H2,1-3H3,(H,16,22)(H,18,21)/t10?,13-/m0/s1. The number of amides is 2. The van der Waals surface area contributed by atoms with Crippen molar-refractivity contribution >= 4 is 11.8 Å². The second-order valence-electron chi connectivity index (χ2n) is 6.05. The Morgan fingerprint density at radius 3 is 2.86 bits per heavy atom. The molecule has 2 amide bonds. The first-order chi connectivity index (χ1) is 10.4. The van der Waals surface area contributed by atoms with Crippen LogP contribution in [-0.2, 0) is 22.6 Å². The van der Waals surface area contributed by atoms with Crippen LogP contribution >= 0.6 is 0 Å². The molecule has 1 aromatic heterocycles. The number of hydrogen-bond acceptors (Lipinski definition) is 5. The first-order valence-electron chi connectivity index (χ1n) is 7.59. The van der Waals surface area contributed by atoms with Crippen LogP contribution in [0.5, 0.6) is 0 Å². The van der Waals surface area contributed by atoms with Crippen molar-refractivity contribution in [2.45, 2.75) is 52.2 Å². The maximum atomic E-state index is 11.9. The molecule has 0 spiro atoms. The Labute approximate surface area is 129 Å². The lowest BCUT2D eigenvalue weighted by atomic mass is 10.1. The predicted molar refractivity (Wildman–Crippen MR) is 80.8 cm³/mol. The van der Waals surface area contributed by atoms with E-state index in [0.717, 1.165) is 24.5 Å². The van der Waals surface area contributed by atoms with Crippen LogP contribution in [0.4, 0.5) is 0 Å². The molecule has 0 saturated carbocycles. The van der Waals surface area contributed by atoms with Gasteiger partial charge in [-0.3, -0.25) is 9.59 Å². The van der Waals surface area contributed by atoms with Gasteiger partial charge in [0.15, 0.2) is 0 Å². The number of fused-ring (bicyclic) bond motifs is 1. The Morgan fingerprint density at radius 2 is 2.18 bits per heavy atom. The van der Waals surface area contributed by atoms with Crippen molar-refractivity contribution in [1.29, 1.82) is 0 Å². The average molecular weight is 308 g/mol. The molecule has 0 aliphatic carbocycles. The van der Waals surface area contributed by atoms with Gasteiger partial charge in [-0.1, -0.05) is 13.8 Å². The minimum atomic E-state index is -0.594. The lowest BCUT2D eigenvalue weighted by Crippen LogP contribution is -2.49. The number of nitrogens with zero attached hydrogens (tertiary/aromatic N) is 3. The van der Waals surface area contributed by atoms with Gasteiger partial charge in [-0.15, -0.1) is 0 Å². The largest absolute Gasteiger partial charge is 0.350 e. The van der Waals surface area contributed by atoms with Gasteiger partial charge in [0.1, 0.15) is 11.6 Å². The molecule has 0 aromatic carbocycles. The van der Waals surface area contributed by atoms with Gasteiger partial charge in [0, 0.05) is 12.5 Å². The van der Waals surface area contributed by atoms with E-state index in [2.05, 4.69) is 20.7 Å². The maximum Gasteiger partial charge on any atom is 0.239 e. The fraction of sp³-hybridized carbons (Fsp3) is 0.714. The van der Waals surface area contributed by atoms with Crippen molar-refractivity contribution in [3.05, 3.63) is 11.6 Å². The number of nitrogens with two attached hydrogens (primary N) is 1. The van der Waals surface area contributed by atoms with Crippen LogP contribution in [0.3, 0.4) is 0 Å². The Kier molecular flexibility index (Phi) is 5.12. The summed E-state index contributed by atoms with van der Waals surface area (Å²) in [6.45, 7) is 6.14. The molecule has 2 rings (SSSR count). The van der Waals surface area contributed by atoms with Crippen LogP contribution in [0.2, 0.25) is 0 Å². The summed E-state index contributed by atoms with van der Waals surface area (Å²) in [4.78, 5) is 28.0. The van der Waals surface area contributed by atoms with Crippen LogP contribution < -0.4 is 16.4 Å². The lowest BCUT2D eigenvalue weighted by molar-refractivity contribution is -0.127. The average Bonchev–Trinajstić information content (AvgIpc) is 2.83. The minimum Gasteiger partial charge on any atom is -0.350 e. The number of nitrogens with one attached hydrogen (secondary N) is 2. The number of carbonyl (C=O) groups excluding carboxylic acids is 2. The van der Waals surface area contributed by atoms with E-state index >= 15 is 0 Å². The molecule has 1 aliphatic heterocycles. The molecule has 1 aromatic rings. The van der Waals surface area contributed by atoms with Crippen molar-refractivity contribution in [1.82, 2.24) is 25.4 Å². The maximum absolute atomic E-state index is 11.9. The summed E-state index contributed by atoms with van der Waals surface area (Å²) in [5, 5.41) is 9.77. The van der Waals surface area contributed by atoms with E-state index < -0.39 is 6.04 Å². The highest BCUT2D eigenvalue weighted by Gasteiger charge is 2.23.